The van der Waals surface area contributed by atoms with E-state index in [0.29, 0.717) is 6.42 Å². The maximum atomic E-state index is 10.2. The lowest BCUT2D eigenvalue weighted by atomic mass is 10.1. The van der Waals surface area contributed by atoms with Gasteiger partial charge in [0.05, 0.1) is 6.61 Å². The van der Waals surface area contributed by atoms with Crippen LogP contribution in [0.25, 0.3) is 0 Å². The van der Waals surface area contributed by atoms with Crippen molar-refractivity contribution in [2.45, 2.75) is 12.5 Å². The highest BCUT2D eigenvalue weighted by Gasteiger charge is 2.08. The largest absolute Gasteiger partial charge is 0.397 e. The Labute approximate surface area is 88.8 Å². The van der Waals surface area contributed by atoms with Crippen LogP contribution in [0.5, 0.6) is 0 Å². The van der Waals surface area contributed by atoms with Gasteiger partial charge in [0.1, 0.15) is 0 Å². The van der Waals surface area contributed by atoms with Gasteiger partial charge in [-0.2, -0.15) is 8.42 Å². The molecule has 0 fully saturated rings. The quantitative estimate of drug-likeness (QED) is 0.735. The molecule has 0 bridgehead atoms. The summed E-state index contributed by atoms with van der Waals surface area (Å²) in [5.41, 5.74) is 6.67. The molecule has 84 valence electrons. The maximum Gasteiger partial charge on any atom is 0.397 e. The Balaban J connectivity index is 2.41. The van der Waals surface area contributed by atoms with Crippen molar-refractivity contribution >= 4 is 10.4 Å². The van der Waals surface area contributed by atoms with Gasteiger partial charge in [-0.15, -0.1) is 0 Å². The lowest BCUT2D eigenvalue weighted by molar-refractivity contribution is 0.258. The van der Waals surface area contributed by atoms with Crippen molar-refractivity contribution < 1.29 is 17.2 Å². The molecule has 1 aromatic carbocycles. The van der Waals surface area contributed by atoms with E-state index in [1.165, 1.54) is 0 Å². The van der Waals surface area contributed by atoms with E-state index in [1.54, 1.807) is 0 Å². The number of nitrogens with two attached hydrogens (primary N) is 1. The van der Waals surface area contributed by atoms with E-state index in [2.05, 4.69) is 4.18 Å². The van der Waals surface area contributed by atoms with Crippen LogP contribution in [0.3, 0.4) is 0 Å². The zero-order valence-electron chi connectivity index (χ0n) is 8.04. The van der Waals surface area contributed by atoms with E-state index in [9.17, 15) is 8.42 Å². The summed E-state index contributed by atoms with van der Waals surface area (Å²) in [7, 11) is -4.36. The summed E-state index contributed by atoms with van der Waals surface area (Å²) in [5, 5.41) is 0. The van der Waals surface area contributed by atoms with E-state index < -0.39 is 10.4 Å². The molecule has 0 spiro atoms. The Hall–Kier alpha value is -0.950. The van der Waals surface area contributed by atoms with Crippen LogP contribution < -0.4 is 5.73 Å². The summed E-state index contributed by atoms with van der Waals surface area (Å²) in [6, 6.07) is 8.95. The van der Waals surface area contributed by atoms with Gasteiger partial charge in [-0.3, -0.25) is 4.55 Å². The number of rotatable bonds is 5. The molecule has 1 aromatic rings. The highest BCUT2D eigenvalue weighted by molar-refractivity contribution is 7.80. The molecule has 0 saturated heterocycles. The van der Waals surface area contributed by atoms with Gasteiger partial charge in [-0.05, 0) is 12.0 Å². The summed E-state index contributed by atoms with van der Waals surface area (Å²) in [6.45, 7) is -0.130. The van der Waals surface area contributed by atoms with Crippen molar-refractivity contribution in [1.29, 1.82) is 0 Å². The first-order chi connectivity index (χ1) is 6.99. The van der Waals surface area contributed by atoms with Crippen molar-refractivity contribution in [1.82, 2.24) is 0 Å². The van der Waals surface area contributed by atoms with E-state index in [-0.39, 0.29) is 12.6 Å². The smallest absolute Gasteiger partial charge is 0.324 e. The van der Waals surface area contributed by atoms with Crippen molar-refractivity contribution in [3.63, 3.8) is 0 Å². The second-order valence-electron chi connectivity index (χ2n) is 3.06. The molecular weight excluding hydrogens is 218 g/mol. The molecule has 15 heavy (non-hydrogen) atoms. The molecule has 0 aliphatic rings. The molecule has 1 unspecified atom stereocenters. The van der Waals surface area contributed by atoms with E-state index in [1.807, 2.05) is 30.3 Å². The van der Waals surface area contributed by atoms with Crippen LogP contribution in [0.2, 0.25) is 0 Å². The summed E-state index contributed by atoms with van der Waals surface area (Å²) < 4.78 is 33.0. The second kappa shape index (κ2) is 5.22. The lowest BCUT2D eigenvalue weighted by Gasteiger charge is -2.10. The SMILES string of the molecule is NC(CCOS(=O)(=O)O)c1ccccc1. The zero-order chi connectivity index (χ0) is 11.3. The topological polar surface area (TPSA) is 89.6 Å². The minimum atomic E-state index is -4.36. The predicted molar refractivity (Wildman–Crippen MR) is 55.5 cm³/mol. The minimum absolute atomic E-state index is 0.130. The molecule has 5 nitrogen and oxygen atoms in total. The third-order valence-electron chi connectivity index (χ3n) is 1.89. The highest BCUT2D eigenvalue weighted by Crippen LogP contribution is 2.13. The van der Waals surface area contributed by atoms with Gasteiger partial charge in [-0.25, -0.2) is 4.18 Å². The molecule has 0 aromatic heterocycles. The Morgan fingerprint density at radius 3 is 2.47 bits per heavy atom. The van der Waals surface area contributed by atoms with Crippen LogP contribution in [0.1, 0.15) is 18.0 Å². The molecule has 0 heterocycles. The standard InChI is InChI=1S/C9H13NO4S/c10-9(6-7-14-15(11,12)13)8-4-2-1-3-5-8/h1-5,9H,6-7,10H2,(H,11,12,13). The third-order valence-corrected chi connectivity index (χ3v) is 2.35. The first-order valence-corrected chi connectivity index (χ1v) is 5.78. The van der Waals surface area contributed by atoms with Crippen molar-refractivity contribution in [3.05, 3.63) is 35.9 Å². The van der Waals surface area contributed by atoms with Crippen LogP contribution in [0.4, 0.5) is 0 Å². The van der Waals surface area contributed by atoms with Gasteiger partial charge in [0.2, 0.25) is 0 Å². The molecule has 0 saturated carbocycles. The summed E-state index contributed by atoms with van der Waals surface area (Å²) in [6.07, 6.45) is 0.323. The van der Waals surface area contributed by atoms with E-state index in [4.69, 9.17) is 10.3 Å². The first kappa shape index (κ1) is 12.1. The Bertz CT molecular complexity index is 390. The number of hydrogen-bond acceptors (Lipinski definition) is 4. The highest BCUT2D eigenvalue weighted by atomic mass is 32.3. The van der Waals surface area contributed by atoms with Crippen LogP contribution in [-0.2, 0) is 14.6 Å². The molecular formula is C9H13NO4S. The fraction of sp³-hybridized carbons (Fsp3) is 0.333. The molecule has 1 atom stereocenters. The van der Waals surface area contributed by atoms with Crippen LogP contribution in [0.15, 0.2) is 30.3 Å². The Kier molecular flexibility index (Phi) is 4.22. The van der Waals surface area contributed by atoms with Gasteiger partial charge in [0, 0.05) is 6.04 Å². The van der Waals surface area contributed by atoms with Gasteiger partial charge in [0.15, 0.2) is 0 Å². The Morgan fingerprint density at radius 2 is 1.93 bits per heavy atom. The van der Waals surface area contributed by atoms with Crippen LogP contribution in [-0.4, -0.2) is 19.6 Å². The summed E-state index contributed by atoms with van der Waals surface area (Å²) >= 11 is 0. The van der Waals surface area contributed by atoms with Crippen LogP contribution >= 0.6 is 0 Å². The minimum Gasteiger partial charge on any atom is -0.324 e. The molecule has 0 aliphatic heterocycles. The van der Waals surface area contributed by atoms with Crippen molar-refractivity contribution in [2.24, 2.45) is 5.73 Å². The molecule has 0 amide bonds. The molecule has 0 radical (unpaired) electrons. The normalized spacial score (nSPS) is 13.7. The average Bonchev–Trinajstić information content (AvgIpc) is 2.17. The summed E-state index contributed by atoms with van der Waals surface area (Å²) in [5.74, 6) is 0. The number of hydrogen-bond donors (Lipinski definition) is 2. The van der Waals surface area contributed by atoms with Gasteiger partial charge in [-0.1, -0.05) is 30.3 Å². The maximum absolute atomic E-state index is 10.2. The molecule has 6 heteroatoms. The Morgan fingerprint density at radius 1 is 1.33 bits per heavy atom. The van der Waals surface area contributed by atoms with Crippen LogP contribution in [0, 0.1) is 0 Å². The molecule has 0 aliphatic carbocycles. The van der Waals surface area contributed by atoms with E-state index >= 15 is 0 Å². The fourth-order valence-corrected chi connectivity index (χ4v) is 1.45. The average molecular weight is 231 g/mol. The number of benzene rings is 1. The molecule has 1 rings (SSSR count). The predicted octanol–water partition coefficient (Wildman–Crippen LogP) is 0.896. The first-order valence-electron chi connectivity index (χ1n) is 4.41. The monoisotopic (exact) mass is 231 g/mol. The third kappa shape index (κ3) is 4.89. The second-order valence-corrected chi connectivity index (χ2v) is 4.15. The van der Waals surface area contributed by atoms with Gasteiger partial charge >= 0.3 is 10.4 Å². The summed E-state index contributed by atoms with van der Waals surface area (Å²) in [4.78, 5) is 0. The van der Waals surface area contributed by atoms with Gasteiger partial charge in [0.25, 0.3) is 0 Å². The zero-order valence-corrected chi connectivity index (χ0v) is 8.85. The van der Waals surface area contributed by atoms with Crippen molar-refractivity contribution in [3.8, 4) is 0 Å². The van der Waals surface area contributed by atoms with Gasteiger partial charge < -0.3 is 5.73 Å². The van der Waals surface area contributed by atoms with Crippen molar-refractivity contribution in [2.75, 3.05) is 6.61 Å². The molecule has 3 N–H and O–H groups in total. The lowest BCUT2D eigenvalue weighted by Crippen LogP contribution is -2.14. The fourth-order valence-electron chi connectivity index (χ4n) is 1.15. The van der Waals surface area contributed by atoms with E-state index in [0.717, 1.165) is 5.56 Å².